The Morgan fingerprint density at radius 2 is 2.06 bits per heavy atom. The van der Waals surface area contributed by atoms with Gasteiger partial charge in [0.1, 0.15) is 5.75 Å². The second-order valence-corrected chi connectivity index (χ2v) is 3.93. The van der Waals surface area contributed by atoms with Crippen LogP contribution in [-0.2, 0) is 4.79 Å². The van der Waals surface area contributed by atoms with Gasteiger partial charge in [-0.25, -0.2) is 0 Å². The fraction of sp³-hybridized carbons (Fsp3) is 0.333. The Morgan fingerprint density at radius 1 is 1.39 bits per heavy atom. The Hall–Kier alpha value is -2.24. The van der Waals surface area contributed by atoms with Gasteiger partial charge in [0.05, 0.1) is 19.2 Å². The zero-order valence-electron chi connectivity index (χ0n) is 10.7. The highest BCUT2D eigenvalue weighted by atomic mass is 16.5. The largest absolute Gasteiger partial charge is 0.496 e. The summed E-state index contributed by atoms with van der Waals surface area (Å²) in [6.07, 6.45) is 0. The lowest BCUT2D eigenvalue weighted by atomic mass is 10.1. The lowest BCUT2D eigenvalue weighted by Crippen LogP contribution is -2.36. The van der Waals surface area contributed by atoms with Crippen molar-refractivity contribution >= 4 is 17.5 Å². The van der Waals surface area contributed by atoms with Crippen LogP contribution in [0, 0.1) is 0 Å². The molecule has 6 nitrogen and oxygen atoms in total. The molecule has 0 spiro atoms. The number of anilines is 1. The third kappa shape index (κ3) is 3.38. The molecular weight excluding hydrogens is 234 g/mol. The number of methoxy groups -OCH3 is 1. The van der Waals surface area contributed by atoms with Crippen molar-refractivity contribution in [2.24, 2.45) is 0 Å². The molecule has 0 fully saturated rings. The summed E-state index contributed by atoms with van der Waals surface area (Å²) in [7, 11) is 4.71. The number of nitrogen functional groups attached to an aromatic ring is 1. The van der Waals surface area contributed by atoms with E-state index in [2.05, 4.69) is 5.32 Å². The molecule has 0 unspecified atom stereocenters. The highest BCUT2D eigenvalue weighted by Crippen LogP contribution is 2.20. The number of carbonyl (C=O) groups is 2. The lowest BCUT2D eigenvalue weighted by Gasteiger charge is -2.12. The quantitative estimate of drug-likeness (QED) is 0.743. The molecule has 1 rings (SSSR count). The number of hydrogen-bond acceptors (Lipinski definition) is 4. The molecule has 0 aliphatic heterocycles. The molecule has 1 aromatic rings. The average molecular weight is 251 g/mol. The van der Waals surface area contributed by atoms with E-state index in [0.29, 0.717) is 17.0 Å². The van der Waals surface area contributed by atoms with E-state index in [-0.39, 0.29) is 12.5 Å². The first-order valence-corrected chi connectivity index (χ1v) is 5.37. The maximum absolute atomic E-state index is 11.9. The van der Waals surface area contributed by atoms with Crippen molar-refractivity contribution in [1.29, 1.82) is 0 Å². The van der Waals surface area contributed by atoms with Crippen LogP contribution < -0.4 is 15.8 Å². The van der Waals surface area contributed by atoms with Crippen LogP contribution in [0.1, 0.15) is 10.4 Å². The summed E-state index contributed by atoms with van der Waals surface area (Å²) in [5.74, 6) is -0.167. The van der Waals surface area contributed by atoms with Crippen LogP contribution in [0.3, 0.4) is 0 Å². The van der Waals surface area contributed by atoms with Crippen LogP contribution in [0.2, 0.25) is 0 Å². The Balaban J connectivity index is 2.78. The van der Waals surface area contributed by atoms with Gasteiger partial charge in [-0.3, -0.25) is 9.59 Å². The smallest absolute Gasteiger partial charge is 0.255 e. The van der Waals surface area contributed by atoms with Gasteiger partial charge in [0.15, 0.2) is 0 Å². The van der Waals surface area contributed by atoms with E-state index in [9.17, 15) is 9.59 Å². The first-order chi connectivity index (χ1) is 8.45. The number of nitrogens with two attached hydrogens (primary N) is 1. The molecule has 0 aliphatic rings. The molecule has 6 heteroatoms. The van der Waals surface area contributed by atoms with E-state index in [1.54, 1.807) is 26.2 Å². The maximum Gasteiger partial charge on any atom is 0.255 e. The third-order valence-corrected chi connectivity index (χ3v) is 2.37. The third-order valence-electron chi connectivity index (χ3n) is 2.37. The van der Waals surface area contributed by atoms with E-state index in [1.807, 2.05) is 0 Å². The Labute approximate surface area is 106 Å². The van der Waals surface area contributed by atoms with Crippen LogP contribution in [0.15, 0.2) is 18.2 Å². The van der Waals surface area contributed by atoms with Gasteiger partial charge in [0, 0.05) is 19.8 Å². The minimum atomic E-state index is -0.394. The molecule has 0 aromatic heterocycles. The SMILES string of the molecule is COc1ccc(N)cc1C(=O)NCC(=O)N(C)C. The molecule has 0 atom stereocenters. The van der Waals surface area contributed by atoms with Crippen LogP contribution in [0.4, 0.5) is 5.69 Å². The van der Waals surface area contributed by atoms with Gasteiger partial charge in [0.25, 0.3) is 5.91 Å². The standard InChI is InChI=1S/C12H17N3O3/c1-15(2)11(16)7-14-12(17)9-6-8(13)4-5-10(9)18-3/h4-6H,7,13H2,1-3H3,(H,14,17). The van der Waals surface area contributed by atoms with E-state index in [0.717, 1.165) is 0 Å². The highest BCUT2D eigenvalue weighted by molar-refractivity contribution is 5.99. The number of nitrogens with one attached hydrogen (secondary N) is 1. The molecule has 0 saturated carbocycles. The second-order valence-electron chi connectivity index (χ2n) is 3.93. The topological polar surface area (TPSA) is 84.7 Å². The van der Waals surface area contributed by atoms with E-state index in [4.69, 9.17) is 10.5 Å². The summed E-state index contributed by atoms with van der Waals surface area (Å²) in [4.78, 5) is 24.6. The van der Waals surface area contributed by atoms with Crippen molar-refractivity contribution in [1.82, 2.24) is 10.2 Å². The van der Waals surface area contributed by atoms with Gasteiger partial charge in [-0.15, -0.1) is 0 Å². The normalized spacial score (nSPS) is 9.72. The molecule has 0 bridgehead atoms. The monoisotopic (exact) mass is 251 g/mol. The Morgan fingerprint density at radius 3 is 2.61 bits per heavy atom. The average Bonchev–Trinajstić information content (AvgIpc) is 2.35. The van der Waals surface area contributed by atoms with Crippen molar-refractivity contribution in [3.8, 4) is 5.75 Å². The summed E-state index contributed by atoms with van der Waals surface area (Å²) in [6.45, 7) is -0.0657. The lowest BCUT2D eigenvalue weighted by molar-refractivity contribution is -0.127. The van der Waals surface area contributed by atoms with Gasteiger partial charge in [-0.05, 0) is 18.2 Å². The molecule has 98 valence electrons. The molecule has 0 saturated heterocycles. The summed E-state index contributed by atoms with van der Waals surface area (Å²) >= 11 is 0. The number of likely N-dealkylation sites (N-methyl/N-ethyl adjacent to an activating group) is 1. The number of benzene rings is 1. The van der Waals surface area contributed by atoms with Crippen LogP contribution in [0.5, 0.6) is 5.75 Å². The molecule has 2 amide bonds. The first kappa shape index (κ1) is 13.8. The number of ether oxygens (including phenoxy) is 1. The van der Waals surface area contributed by atoms with Crippen molar-refractivity contribution in [2.45, 2.75) is 0 Å². The summed E-state index contributed by atoms with van der Waals surface area (Å²) in [6, 6.07) is 4.76. The van der Waals surface area contributed by atoms with Gasteiger partial charge < -0.3 is 20.7 Å². The molecule has 1 aromatic carbocycles. The van der Waals surface area contributed by atoms with E-state index in [1.165, 1.54) is 18.1 Å². The number of nitrogens with zero attached hydrogens (tertiary/aromatic N) is 1. The van der Waals surface area contributed by atoms with E-state index < -0.39 is 5.91 Å². The summed E-state index contributed by atoms with van der Waals surface area (Å²) < 4.78 is 5.06. The molecule has 0 radical (unpaired) electrons. The van der Waals surface area contributed by atoms with Gasteiger partial charge in [0.2, 0.25) is 5.91 Å². The number of rotatable bonds is 4. The predicted molar refractivity (Wildman–Crippen MR) is 68.4 cm³/mol. The fourth-order valence-electron chi connectivity index (χ4n) is 1.31. The second kappa shape index (κ2) is 5.90. The zero-order chi connectivity index (χ0) is 13.7. The number of amides is 2. The number of carbonyl (C=O) groups excluding carboxylic acids is 2. The van der Waals surface area contributed by atoms with Crippen LogP contribution in [0.25, 0.3) is 0 Å². The van der Waals surface area contributed by atoms with Crippen molar-refractivity contribution in [3.63, 3.8) is 0 Å². The molecule has 0 heterocycles. The van der Waals surface area contributed by atoms with Gasteiger partial charge in [-0.2, -0.15) is 0 Å². The molecular formula is C12H17N3O3. The minimum Gasteiger partial charge on any atom is -0.496 e. The minimum absolute atomic E-state index is 0.0657. The predicted octanol–water partition coefficient (Wildman–Crippen LogP) is 0.0954. The van der Waals surface area contributed by atoms with Crippen molar-refractivity contribution < 1.29 is 14.3 Å². The molecule has 18 heavy (non-hydrogen) atoms. The van der Waals surface area contributed by atoms with Crippen LogP contribution >= 0.6 is 0 Å². The van der Waals surface area contributed by atoms with Crippen molar-refractivity contribution in [2.75, 3.05) is 33.5 Å². The highest BCUT2D eigenvalue weighted by Gasteiger charge is 2.14. The van der Waals surface area contributed by atoms with Crippen LogP contribution in [-0.4, -0.2) is 44.5 Å². The number of hydrogen-bond donors (Lipinski definition) is 2. The van der Waals surface area contributed by atoms with E-state index >= 15 is 0 Å². The van der Waals surface area contributed by atoms with Gasteiger partial charge >= 0.3 is 0 Å². The summed E-state index contributed by atoms with van der Waals surface area (Å²) in [5.41, 5.74) is 6.38. The van der Waals surface area contributed by atoms with Gasteiger partial charge in [-0.1, -0.05) is 0 Å². The Kier molecular flexibility index (Phi) is 4.53. The fourth-order valence-corrected chi connectivity index (χ4v) is 1.31. The first-order valence-electron chi connectivity index (χ1n) is 5.37. The Bertz CT molecular complexity index is 458. The van der Waals surface area contributed by atoms with Crippen molar-refractivity contribution in [3.05, 3.63) is 23.8 Å². The summed E-state index contributed by atoms with van der Waals surface area (Å²) in [5, 5.41) is 2.52. The molecule has 0 aliphatic carbocycles. The maximum atomic E-state index is 11.9. The molecule has 3 N–H and O–H groups in total. The zero-order valence-corrected chi connectivity index (χ0v) is 10.7.